The summed E-state index contributed by atoms with van der Waals surface area (Å²) in [5.41, 5.74) is 1.45. The Balaban J connectivity index is 1.60. The number of carbonyl (C=O) groups is 2. The SMILES string of the molecule is O=C(Nc1ccccc1Cl)[C@@H]1CCCN1C(=O)OCc1ccccc1. The molecule has 2 amide bonds. The number of benzene rings is 2. The minimum Gasteiger partial charge on any atom is -0.445 e. The number of ether oxygens (including phenoxy) is 1. The maximum atomic E-state index is 12.5. The summed E-state index contributed by atoms with van der Waals surface area (Å²) >= 11 is 6.07. The molecule has 1 saturated heterocycles. The second kappa shape index (κ2) is 8.03. The molecule has 1 aliphatic heterocycles. The van der Waals surface area contributed by atoms with Gasteiger partial charge in [0.1, 0.15) is 12.6 Å². The molecule has 1 aliphatic rings. The third kappa shape index (κ3) is 4.31. The molecule has 6 heteroatoms. The van der Waals surface area contributed by atoms with Crippen molar-refractivity contribution in [3.8, 4) is 0 Å². The van der Waals surface area contributed by atoms with Gasteiger partial charge in [0.05, 0.1) is 10.7 Å². The van der Waals surface area contributed by atoms with Crippen molar-refractivity contribution >= 4 is 29.3 Å². The van der Waals surface area contributed by atoms with Gasteiger partial charge in [0.2, 0.25) is 5.91 Å². The number of carbonyl (C=O) groups excluding carboxylic acids is 2. The van der Waals surface area contributed by atoms with Crippen molar-refractivity contribution in [1.29, 1.82) is 0 Å². The van der Waals surface area contributed by atoms with Gasteiger partial charge in [-0.1, -0.05) is 54.1 Å². The van der Waals surface area contributed by atoms with E-state index in [0.29, 0.717) is 23.7 Å². The fourth-order valence-electron chi connectivity index (χ4n) is 2.84. The van der Waals surface area contributed by atoms with E-state index in [-0.39, 0.29) is 12.5 Å². The van der Waals surface area contributed by atoms with Crippen molar-refractivity contribution in [2.45, 2.75) is 25.5 Å². The highest BCUT2D eigenvalue weighted by atomic mass is 35.5. The standard InChI is InChI=1S/C19H19ClN2O3/c20-15-9-4-5-10-16(15)21-18(23)17-11-6-12-22(17)19(24)25-13-14-7-2-1-3-8-14/h1-5,7-10,17H,6,11-13H2,(H,21,23)/t17-/m0/s1. The number of hydrogen-bond acceptors (Lipinski definition) is 3. The van der Waals surface area contributed by atoms with Crippen molar-refractivity contribution in [1.82, 2.24) is 4.90 Å². The first-order valence-corrected chi connectivity index (χ1v) is 8.55. The van der Waals surface area contributed by atoms with Crippen LogP contribution < -0.4 is 5.32 Å². The number of amides is 2. The van der Waals surface area contributed by atoms with E-state index in [4.69, 9.17) is 16.3 Å². The molecule has 25 heavy (non-hydrogen) atoms. The highest BCUT2D eigenvalue weighted by Gasteiger charge is 2.35. The van der Waals surface area contributed by atoms with Crippen LogP contribution in [0.15, 0.2) is 54.6 Å². The van der Waals surface area contributed by atoms with Crippen LogP contribution in [0.25, 0.3) is 0 Å². The van der Waals surface area contributed by atoms with Gasteiger partial charge in [-0.3, -0.25) is 9.69 Å². The molecule has 5 nitrogen and oxygen atoms in total. The Hall–Kier alpha value is -2.53. The number of para-hydroxylation sites is 1. The summed E-state index contributed by atoms with van der Waals surface area (Å²) in [7, 11) is 0. The number of anilines is 1. The number of hydrogen-bond donors (Lipinski definition) is 1. The van der Waals surface area contributed by atoms with Crippen molar-refractivity contribution in [2.75, 3.05) is 11.9 Å². The maximum absolute atomic E-state index is 12.5. The van der Waals surface area contributed by atoms with Crippen LogP contribution in [0.4, 0.5) is 10.5 Å². The number of rotatable bonds is 4. The molecule has 0 spiro atoms. The van der Waals surface area contributed by atoms with E-state index in [0.717, 1.165) is 12.0 Å². The lowest BCUT2D eigenvalue weighted by Crippen LogP contribution is -2.43. The molecule has 1 atom stereocenters. The summed E-state index contributed by atoms with van der Waals surface area (Å²) in [6.45, 7) is 0.698. The Labute approximate surface area is 151 Å². The lowest BCUT2D eigenvalue weighted by Gasteiger charge is -2.23. The van der Waals surface area contributed by atoms with Gasteiger partial charge >= 0.3 is 6.09 Å². The van der Waals surface area contributed by atoms with E-state index in [1.54, 1.807) is 24.3 Å². The van der Waals surface area contributed by atoms with E-state index in [1.807, 2.05) is 30.3 Å². The second-order valence-corrected chi connectivity index (χ2v) is 6.27. The molecule has 1 N–H and O–H groups in total. The average Bonchev–Trinajstić information content (AvgIpc) is 3.12. The number of likely N-dealkylation sites (tertiary alicyclic amines) is 1. The molecule has 0 unspecified atom stereocenters. The zero-order chi connectivity index (χ0) is 17.6. The van der Waals surface area contributed by atoms with Crippen molar-refractivity contribution in [3.05, 3.63) is 65.2 Å². The number of nitrogens with one attached hydrogen (secondary N) is 1. The molecule has 1 heterocycles. The van der Waals surface area contributed by atoms with E-state index < -0.39 is 12.1 Å². The summed E-state index contributed by atoms with van der Waals surface area (Å²) in [5.74, 6) is -0.248. The summed E-state index contributed by atoms with van der Waals surface area (Å²) < 4.78 is 5.35. The highest BCUT2D eigenvalue weighted by Crippen LogP contribution is 2.24. The first kappa shape index (κ1) is 17.3. The predicted molar refractivity (Wildman–Crippen MR) is 96.4 cm³/mol. The van der Waals surface area contributed by atoms with Crippen LogP contribution in [0.2, 0.25) is 5.02 Å². The number of halogens is 1. The van der Waals surface area contributed by atoms with Crippen molar-refractivity contribution in [2.24, 2.45) is 0 Å². The van der Waals surface area contributed by atoms with Crippen LogP contribution in [0.5, 0.6) is 0 Å². The third-order valence-corrected chi connectivity index (χ3v) is 4.46. The van der Waals surface area contributed by atoms with Crippen LogP contribution in [0.1, 0.15) is 18.4 Å². The lowest BCUT2D eigenvalue weighted by molar-refractivity contribution is -0.120. The Kier molecular flexibility index (Phi) is 5.56. The zero-order valence-electron chi connectivity index (χ0n) is 13.7. The van der Waals surface area contributed by atoms with E-state index >= 15 is 0 Å². The molecule has 130 valence electrons. The minimum atomic E-state index is -0.542. The van der Waals surface area contributed by atoms with Gasteiger partial charge < -0.3 is 10.1 Å². The van der Waals surface area contributed by atoms with Gasteiger partial charge in [-0.25, -0.2) is 4.79 Å². The Bertz CT molecular complexity index is 751. The average molecular weight is 359 g/mol. The summed E-state index contributed by atoms with van der Waals surface area (Å²) in [6.07, 6.45) is 0.901. The topological polar surface area (TPSA) is 58.6 Å². The predicted octanol–water partition coefficient (Wildman–Crippen LogP) is 4.08. The van der Waals surface area contributed by atoms with Gasteiger partial charge in [0.15, 0.2) is 0 Å². The summed E-state index contributed by atoms with van der Waals surface area (Å²) in [5, 5.41) is 3.26. The zero-order valence-corrected chi connectivity index (χ0v) is 14.4. The maximum Gasteiger partial charge on any atom is 0.410 e. The van der Waals surface area contributed by atoms with Crippen LogP contribution in [-0.4, -0.2) is 29.5 Å². The van der Waals surface area contributed by atoms with Crippen molar-refractivity contribution < 1.29 is 14.3 Å². The van der Waals surface area contributed by atoms with Gasteiger partial charge in [0.25, 0.3) is 0 Å². The minimum absolute atomic E-state index is 0.190. The third-order valence-electron chi connectivity index (χ3n) is 4.13. The van der Waals surface area contributed by atoms with Crippen LogP contribution in [-0.2, 0) is 16.1 Å². The quantitative estimate of drug-likeness (QED) is 0.895. The normalized spacial score (nSPS) is 16.5. The van der Waals surface area contributed by atoms with E-state index in [1.165, 1.54) is 4.90 Å². The number of nitrogens with zero attached hydrogens (tertiary/aromatic N) is 1. The Morgan fingerprint density at radius 3 is 2.60 bits per heavy atom. The van der Waals surface area contributed by atoms with E-state index in [9.17, 15) is 9.59 Å². The van der Waals surface area contributed by atoms with Gasteiger partial charge in [0, 0.05) is 6.54 Å². The first-order chi connectivity index (χ1) is 12.1. The van der Waals surface area contributed by atoms with Crippen LogP contribution >= 0.6 is 11.6 Å². The Morgan fingerprint density at radius 2 is 1.84 bits per heavy atom. The molecule has 0 aliphatic carbocycles. The molecule has 0 saturated carbocycles. The molecule has 0 aromatic heterocycles. The molecule has 0 bridgehead atoms. The molecule has 3 rings (SSSR count). The molecule has 1 fully saturated rings. The molecule has 0 radical (unpaired) electrons. The summed E-state index contributed by atoms with van der Waals surface area (Å²) in [4.78, 5) is 26.4. The first-order valence-electron chi connectivity index (χ1n) is 8.18. The molecular weight excluding hydrogens is 340 g/mol. The highest BCUT2D eigenvalue weighted by molar-refractivity contribution is 6.33. The fraction of sp³-hybridized carbons (Fsp3) is 0.263. The monoisotopic (exact) mass is 358 g/mol. The largest absolute Gasteiger partial charge is 0.445 e. The molecule has 2 aromatic rings. The fourth-order valence-corrected chi connectivity index (χ4v) is 3.02. The van der Waals surface area contributed by atoms with Gasteiger partial charge in [-0.15, -0.1) is 0 Å². The van der Waals surface area contributed by atoms with Gasteiger partial charge in [-0.2, -0.15) is 0 Å². The lowest BCUT2D eigenvalue weighted by atomic mass is 10.2. The van der Waals surface area contributed by atoms with Crippen molar-refractivity contribution in [3.63, 3.8) is 0 Å². The summed E-state index contributed by atoms with van der Waals surface area (Å²) in [6, 6.07) is 15.9. The second-order valence-electron chi connectivity index (χ2n) is 5.86. The van der Waals surface area contributed by atoms with Crippen LogP contribution in [0, 0.1) is 0 Å². The van der Waals surface area contributed by atoms with E-state index in [2.05, 4.69) is 5.32 Å². The van der Waals surface area contributed by atoms with Gasteiger partial charge in [-0.05, 0) is 30.5 Å². The molecular formula is C19H19ClN2O3. The Morgan fingerprint density at radius 1 is 1.12 bits per heavy atom. The molecule has 2 aromatic carbocycles. The smallest absolute Gasteiger partial charge is 0.410 e. The van der Waals surface area contributed by atoms with Crippen LogP contribution in [0.3, 0.4) is 0 Å².